The number of nitrogens with zero attached hydrogens (tertiary/aromatic N) is 2. The van der Waals surface area contributed by atoms with Gasteiger partial charge in [0, 0.05) is 25.7 Å². The van der Waals surface area contributed by atoms with E-state index in [2.05, 4.69) is 10.3 Å². The SMILES string of the molecule is CCOC(=O)N1CCC(NC(N)=NCCc2cc(F)c(F)c(F)c2)CC1.I. The number of carbonyl (C=O) groups excluding carboxylic acids is 1. The molecule has 10 heteroatoms. The van der Waals surface area contributed by atoms with E-state index in [-0.39, 0.29) is 55.0 Å². The molecule has 0 saturated carbocycles. The van der Waals surface area contributed by atoms with E-state index >= 15 is 0 Å². The van der Waals surface area contributed by atoms with Crippen LogP contribution in [0.5, 0.6) is 0 Å². The number of amides is 1. The van der Waals surface area contributed by atoms with Crippen molar-refractivity contribution in [2.24, 2.45) is 10.7 Å². The van der Waals surface area contributed by atoms with Gasteiger partial charge in [-0.15, -0.1) is 24.0 Å². The Morgan fingerprint density at radius 2 is 1.89 bits per heavy atom. The minimum atomic E-state index is -1.48. The monoisotopic (exact) mass is 500 g/mol. The lowest BCUT2D eigenvalue weighted by atomic mass is 10.1. The predicted molar refractivity (Wildman–Crippen MR) is 107 cm³/mol. The highest BCUT2D eigenvalue weighted by Crippen LogP contribution is 2.14. The predicted octanol–water partition coefficient (Wildman–Crippen LogP) is 2.79. The Kier molecular flexibility index (Phi) is 9.67. The Morgan fingerprint density at radius 1 is 1.30 bits per heavy atom. The second-order valence-electron chi connectivity index (χ2n) is 5.99. The molecule has 0 bridgehead atoms. The maximum absolute atomic E-state index is 13.1. The minimum Gasteiger partial charge on any atom is -0.450 e. The first-order valence-corrected chi connectivity index (χ1v) is 8.52. The zero-order chi connectivity index (χ0) is 19.1. The number of aliphatic imine (C=N–C) groups is 1. The van der Waals surface area contributed by atoms with Crippen molar-refractivity contribution in [2.75, 3.05) is 26.2 Å². The smallest absolute Gasteiger partial charge is 0.409 e. The fourth-order valence-electron chi connectivity index (χ4n) is 2.73. The van der Waals surface area contributed by atoms with Crippen LogP contribution in [0.15, 0.2) is 17.1 Å². The molecule has 3 N–H and O–H groups in total. The third kappa shape index (κ3) is 7.07. The van der Waals surface area contributed by atoms with Gasteiger partial charge in [0.25, 0.3) is 0 Å². The summed E-state index contributed by atoms with van der Waals surface area (Å²) in [5.74, 6) is -3.69. The number of rotatable bonds is 5. The van der Waals surface area contributed by atoms with E-state index in [0.717, 1.165) is 12.1 Å². The molecule has 152 valence electrons. The Labute approximate surface area is 173 Å². The Balaban J connectivity index is 0.00000364. The van der Waals surface area contributed by atoms with E-state index in [1.165, 1.54) is 0 Å². The van der Waals surface area contributed by atoms with Gasteiger partial charge in [0.05, 0.1) is 6.61 Å². The second-order valence-corrected chi connectivity index (χ2v) is 5.99. The van der Waals surface area contributed by atoms with Gasteiger partial charge in [-0.1, -0.05) is 0 Å². The summed E-state index contributed by atoms with van der Waals surface area (Å²) in [4.78, 5) is 17.4. The number of guanidine groups is 1. The third-order valence-corrected chi connectivity index (χ3v) is 4.10. The molecular weight excluding hydrogens is 476 g/mol. The van der Waals surface area contributed by atoms with Crippen molar-refractivity contribution in [3.05, 3.63) is 35.1 Å². The number of hydrogen-bond donors (Lipinski definition) is 2. The van der Waals surface area contributed by atoms with Gasteiger partial charge < -0.3 is 20.7 Å². The Bertz CT molecular complexity index is 645. The zero-order valence-electron chi connectivity index (χ0n) is 15.0. The largest absolute Gasteiger partial charge is 0.450 e. The van der Waals surface area contributed by atoms with Crippen molar-refractivity contribution < 1.29 is 22.7 Å². The topological polar surface area (TPSA) is 80.0 Å². The van der Waals surface area contributed by atoms with Crippen LogP contribution in [0.2, 0.25) is 0 Å². The molecule has 27 heavy (non-hydrogen) atoms. The number of nitrogens with two attached hydrogens (primary N) is 1. The highest BCUT2D eigenvalue weighted by Gasteiger charge is 2.23. The maximum atomic E-state index is 13.1. The van der Waals surface area contributed by atoms with E-state index in [1.54, 1.807) is 11.8 Å². The van der Waals surface area contributed by atoms with Crippen LogP contribution in [0.4, 0.5) is 18.0 Å². The van der Waals surface area contributed by atoms with E-state index in [9.17, 15) is 18.0 Å². The zero-order valence-corrected chi connectivity index (χ0v) is 17.3. The summed E-state index contributed by atoms with van der Waals surface area (Å²) in [7, 11) is 0. The Hall–Kier alpha value is -1.72. The summed E-state index contributed by atoms with van der Waals surface area (Å²) in [5, 5.41) is 3.07. The first-order valence-electron chi connectivity index (χ1n) is 8.52. The molecule has 1 aromatic rings. The number of benzene rings is 1. The molecule has 0 radical (unpaired) electrons. The summed E-state index contributed by atoms with van der Waals surface area (Å²) in [6.45, 7) is 3.46. The van der Waals surface area contributed by atoms with Gasteiger partial charge in [-0.2, -0.15) is 0 Å². The molecule has 0 aromatic heterocycles. The van der Waals surface area contributed by atoms with Crippen molar-refractivity contribution in [1.82, 2.24) is 10.2 Å². The second kappa shape index (κ2) is 11.2. The average molecular weight is 500 g/mol. The van der Waals surface area contributed by atoms with E-state index < -0.39 is 17.5 Å². The maximum Gasteiger partial charge on any atom is 0.409 e. The lowest BCUT2D eigenvalue weighted by Crippen LogP contribution is -2.48. The number of piperidine rings is 1. The lowest BCUT2D eigenvalue weighted by molar-refractivity contribution is 0.0963. The fourth-order valence-corrected chi connectivity index (χ4v) is 2.73. The molecule has 0 unspecified atom stereocenters. The van der Waals surface area contributed by atoms with Gasteiger partial charge in [0.1, 0.15) is 0 Å². The quantitative estimate of drug-likeness (QED) is 0.282. The van der Waals surface area contributed by atoms with Crippen LogP contribution in [0, 0.1) is 17.5 Å². The lowest BCUT2D eigenvalue weighted by Gasteiger charge is -2.31. The van der Waals surface area contributed by atoms with Gasteiger partial charge in [-0.3, -0.25) is 4.99 Å². The number of likely N-dealkylation sites (tertiary alicyclic amines) is 1. The molecule has 0 spiro atoms. The van der Waals surface area contributed by atoms with Crippen LogP contribution >= 0.6 is 24.0 Å². The number of hydrogen-bond acceptors (Lipinski definition) is 3. The van der Waals surface area contributed by atoms with E-state index in [4.69, 9.17) is 10.5 Å². The molecule has 0 atom stereocenters. The van der Waals surface area contributed by atoms with Crippen LogP contribution in [0.1, 0.15) is 25.3 Å². The molecule has 1 amide bonds. The number of nitrogens with one attached hydrogen (secondary N) is 1. The summed E-state index contributed by atoms with van der Waals surface area (Å²) in [6.07, 6.45) is 1.34. The molecule has 0 aliphatic carbocycles. The van der Waals surface area contributed by atoms with Gasteiger partial charge >= 0.3 is 6.09 Å². The van der Waals surface area contributed by atoms with Gasteiger partial charge in [-0.05, 0) is 43.9 Å². The van der Waals surface area contributed by atoms with Crippen molar-refractivity contribution in [2.45, 2.75) is 32.2 Å². The van der Waals surface area contributed by atoms with Gasteiger partial charge in [-0.25, -0.2) is 18.0 Å². The molecule has 2 rings (SSSR count). The van der Waals surface area contributed by atoms with E-state index in [0.29, 0.717) is 38.1 Å². The fraction of sp³-hybridized carbons (Fsp3) is 0.529. The molecular formula is C17H24F3IN4O2. The highest BCUT2D eigenvalue weighted by molar-refractivity contribution is 14.0. The van der Waals surface area contributed by atoms with Crippen LogP contribution in [0.25, 0.3) is 0 Å². The normalized spacial score (nSPS) is 15.3. The van der Waals surface area contributed by atoms with E-state index in [1.807, 2.05) is 0 Å². The highest BCUT2D eigenvalue weighted by atomic mass is 127. The molecule has 1 aliphatic rings. The molecule has 1 fully saturated rings. The first kappa shape index (κ1) is 23.3. The number of carbonyl (C=O) groups is 1. The van der Waals surface area contributed by atoms with Crippen LogP contribution in [-0.2, 0) is 11.2 Å². The summed E-state index contributed by atoms with van der Waals surface area (Å²) >= 11 is 0. The summed E-state index contributed by atoms with van der Waals surface area (Å²) < 4.78 is 44.2. The van der Waals surface area contributed by atoms with Crippen molar-refractivity contribution >= 4 is 36.0 Å². The van der Waals surface area contributed by atoms with Crippen LogP contribution in [0.3, 0.4) is 0 Å². The number of halogens is 4. The molecule has 1 heterocycles. The van der Waals surface area contributed by atoms with Gasteiger partial charge in [0.15, 0.2) is 23.4 Å². The van der Waals surface area contributed by atoms with Crippen molar-refractivity contribution in [3.63, 3.8) is 0 Å². The molecule has 1 aliphatic heterocycles. The average Bonchev–Trinajstić information content (AvgIpc) is 2.60. The molecule has 1 saturated heterocycles. The summed E-state index contributed by atoms with van der Waals surface area (Å²) in [5.41, 5.74) is 6.13. The summed E-state index contributed by atoms with van der Waals surface area (Å²) in [6, 6.07) is 1.98. The standard InChI is InChI=1S/C17H23F3N4O2.HI/c1-2-26-17(25)24-7-4-12(5-8-24)23-16(21)22-6-3-11-9-13(18)15(20)14(19)10-11;/h9-10,12H,2-8H2,1H3,(H3,21,22,23);1H. The first-order chi connectivity index (χ1) is 12.4. The van der Waals surface area contributed by atoms with Gasteiger partial charge in [0.2, 0.25) is 0 Å². The van der Waals surface area contributed by atoms with Crippen molar-refractivity contribution in [3.8, 4) is 0 Å². The van der Waals surface area contributed by atoms with Crippen LogP contribution < -0.4 is 11.1 Å². The molecule has 6 nitrogen and oxygen atoms in total. The van der Waals surface area contributed by atoms with Crippen LogP contribution in [-0.4, -0.2) is 49.2 Å². The Morgan fingerprint density at radius 3 is 2.44 bits per heavy atom. The third-order valence-electron chi connectivity index (χ3n) is 4.10. The molecule has 1 aromatic carbocycles. The number of ether oxygens (including phenoxy) is 1. The minimum absolute atomic E-state index is 0. The van der Waals surface area contributed by atoms with Crippen molar-refractivity contribution in [1.29, 1.82) is 0 Å².